The molecule has 0 bridgehead atoms. The van der Waals surface area contributed by atoms with Gasteiger partial charge in [0.05, 0.1) is 17.7 Å². The molecule has 3 rings (SSSR count). The Balaban J connectivity index is 1.56. The van der Waals surface area contributed by atoms with Crippen molar-refractivity contribution in [2.45, 2.75) is 24.7 Å². The van der Waals surface area contributed by atoms with Crippen molar-refractivity contribution in [3.05, 3.63) is 64.4 Å². The summed E-state index contributed by atoms with van der Waals surface area (Å²) in [5.41, 5.74) is 0.645. The van der Waals surface area contributed by atoms with Crippen LogP contribution in [0.25, 0.3) is 0 Å². The van der Waals surface area contributed by atoms with E-state index in [-0.39, 0.29) is 23.8 Å². The average Bonchev–Trinajstić information content (AvgIpc) is 3.08. The van der Waals surface area contributed by atoms with Gasteiger partial charge < -0.3 is 15.2 Å². The summed E-state index contributed by atoms with van der Waals surface area (Å²) in [5, 5.41) is 14.0. The normalized spacial score (nSPS) is 11.3. The Morgan fingerprint density at radius 2 is 1.85 bits per heavy atom. The number of nitrogens with one attached hydrogen (secondary N) is 2. The van der Waals surface area contributed by atoms with Gasteiger partial charge in [0.1, 0.15) is 5.82 Å². The Kier molecular flexibility index (Phi) is 7.65. The van der Waals surface area contributed by atoms with Crippen molar-refractivity contribution in [1.29, 1.82) is 0 Å². The fourth-order valence-electron chi connectivity index (χ4n) is 2.79. The molecule has 0 atom stereocenters. The van der Waals surface area contributed by atoms with Crippen LogP contribution in [0, 0.1) is 6.92 Å². The first-order chi connectivity index (χ1) is 15.5. The number of halogens is 4. The number of rotatable bonds is 7. The minimum absolute atomic E-state index is 0.0274. The Morgan fingerprint density at radius 1 is 1.09 bits per heavy atom. The van der Waals surface area contributed by atoms with Crippen LogP contribution in [-0.2, 0) is 29.2 Å². The molecule has 0 spiro atoms. The number of aryl methyl sites for hydroxylation is 1. The number of alkyl halides is 3. The lowest BCUT2D eigenvalue weighted by Gasteiger charge is -2.10. The third-order valence-corrected chi connectivity index (χ3v) is 5.78. The van der Waals surface area contributed by atoms with Crippen LogP contribution in [0.4, 0.5) is 24.5 Å². The van der Waals surface area contributed by atoms with Crippen LogP contribution < -0.4 is 10.6 Å². The molecule has 1 aromatic heterocycles. The van der Waals surface area contributed by atoms with Crippen molar-refractivity contribution in [3.63, 3.8) is 0 Å². The van der Waals surface area contributed by atoms with Gasteiger partial charge in [-0.05, 0) is 42.8 Å². The van der Waals surface area contributed by atoms with Crippen molar-refractivity contribution in [2.24, 2.45) is 7.05 Å². The van der Waals surface area contributed by atoms with E-state index in [2.05, 4.69) is 20.8 Å². The first kappa shape index (κ1) is 24.6. The lowest BCUT2D eigenvalue weighted by molar-refractivity contribution is -0.137. The van der Waals surface area contributed by atoms with Crippen molar-refractivity contribution in [2.75, 3.05) is 16.4 Å². The van der Waals surface area contributed by atoms with Gasteiger partial charge in [-0.25, -0.2) is 0 Å². The Morgan fingerprint density at radius 3 is 2.58 bits per heavy atom. The van der Waals surface area contributed by atoms with E-state index in [1.165, 1.54) is 12.1 Å². The largest absolute Gasteiger partial charge is 0.416 e. The SMILES string of the molecule is Cc1ccc(Cl)cc1NC(=O)CSc1nnc(CC(=O)Nc2cccc(C(F)(F)F)c2)n1C. The Bertz CT molecular complexity index is 1180. The predicted molar refractivity (Wildman–Crippen MR) is 120 cm³/mol. The number of hydrogen-bond donors (Lipinski definition) is 2. The number of hydrogen-bond acceptors (Lipinski definition) is 5. The summed E-state index contributed by atoms with van der Waals surface area (Å²) in [6.07, 6.45) is -4.71. The zero-order chi connectivity index (χ0) is 24.2. The van der Waals surface area contributed by atoms with E-state index < -0.39 is 17.6 Å². The van der Waals surface area contributed by atoms with E-state index in [4.69, 9.17) is 11.6 Å². The first-order valence-electron chi connectivity index (χ1n) is 9.57. The van der Waals surface area contributed by atoms with Crippen molar-refractivity contribution < 1.29 is 22.8 Å². The van der Waals surface area contributed by atoms with Gasteiger partial charge in [0.15, 0.2) is 5.16 Å². The Labute approximate surface area is 196 Å². The van der Waals surface area contributed by atoms with Crippen LogP contribution in [0.5, 0.6) is 0 Å². The summed E-state index contributed by atoms with van der Waals surface area (Å²) in [7, 11) is 1.63. The molecule has 2 N–H and O–H groups in total. The van der Waals surface area contributed by atoms with E-state index in [1.54, 1.807) is 29.8 Å². The van der Waals surface area contributed by atoms with Gasteiger partial charge >= 0.3 is 6.18 Å². The van der Waals surface area contributed by atoms with Crippen LogP contribution in [-0.4, -0.2) is 32.3 Å². The lowest BCUT2D eigenvalue weighted by Crippen LogP contribution is -2.18. The average molecular weight is 498 g/mol. The molecule has 0 aliphatic rings. The van der Waals surface area contributed by atoms with E-state index >= 15 is 0 Å². The number of thioether (sulfide) groups is 1. The molecule has 0 unspecified atom stereocenters. The molecule has 0 radical (unpaired) electrons. The maximum Gasteiger partial charge on any atom is 0.416 e. The third-order valence-electron chi connectivity index (χ3n) is 4.52. The first-order valence-corrected chi connectivity index (χ1v) is 10.9. The molecule has 2 aromatic carbocycles. The molecule has 0 aliphatic heterocycles. The third kappa shape index (κ3) is 6.72. The van der Waals surface area contributed by atoms with Gasteiger partial charge in [0.25, 0.3) is 0 Å². The van der Waals surface area contributed by atoms with Crippen molar-refractivity contribution in [3.8, 4) is 0 Å². The minimum Gasteiger partial charge on any atom is -0.326 e. The highest BCUT2D eigenvalue weighted by Crippen LogP contribution is 2.30. The number of nitrogens with zero attached hydrogens (tertiary/aromatic N) is 3. The topological polar surface area (TPSA) is 88.9 Å². The fourth-order valence-corrected chi connectivity index (χ4v) is 3.69. The number of benzene rings is 2. The van der Waals surface area contributed by atoms with Gasteiger partial charge in [-0.1, -0.05) is 35.5 Å². The summed E-state index contributed by atoms with van der Waals surface area (Å²) in [5.74, 6) is -0.463. The monoisotopic (exact) mass is 497 g/mol. The maximum atomic E-state index is 12.8. The second-order valence-corrected chi connectivity index (χ2v) is 8.44. The van der Waals surface area contributed by atoms with Gasteiger partial charge in [-0.3, -0.25) is 9.59 Å². The van der Waals surface area contributed by atoms with Gasteiger partial charge in [0, 0.05) is 23.4 Å². The molecule has 174 valence electrons. The molecule has 3 aromatic rings. The zero-order valence-electron chi connectivity index (χ0n) is 17.5. The second-order valence-electron chi connectivity index (χ2n) is 7.06. The summed E-state index contributed by atoms with van der Waals surface area (Å²) >= 11 is 7.08. The fraction of sp³-hybridized carbons (Fsp3) is 0.238. The molecule has 33 heavy (non-hydrogen) atoms. The zero-order valence-corrected chi connectivity index (χ0v) is 19.1. The molecule has 12 heteroatoms. The standard InChI is InChI=1S/C21H19ClF3N5O2S/c1-12-6-7-14(22)9-16(12)27-19(32)11-33-20-29-28-17(30(20)2)10-18(31)26-15-5-3-4-13(8-15)21(23,24)25/h3-9H,10-11H2,1-2H3,(H,26,31)(H,27,32). The highest BCUT2D eigenvalue weighted by molar-refractivity contribution is 7.99. The van der Waals surface area contributed by atoms with Gasteiger partial charge in [-0.2, -0.15) is 13.2 Å². The van der Waals surface area contributed by atoms with Crippen molar-refractivity contribution in [1.82, 2.24) is 14.8 Å². The van der Waals surface area contributed by atoms with Crippen LogP contribution in [0.15, 0.2) is 47.6 Å². The highest BCUT2D eigenvalue weighted by atomic mass is 35.5. The van der Waals surface area contributed by atoms with E-state index in [1.807, 2.05) is 6.92 Å². The molecule has 0 saturated carbocycles. The highest BCUT2D eigenvalue weighted by Gasteiger charge is 2.30. The Hall–Kier alpha value is -3.05. The minimum atomic E-state index is -4.51. The number of aromatic nitrogens is 3. The van der Waals surface area contributed by atoms with Crippen molar-refractivity contribution >= 4 is 46.6 Å². The predicted octanol–water partition coefficient (Wildman–Crippen LogP) is 4.71. The molecule has 7 nitrogen and oxygen atoms in total. The van der Waals surface area contributed by atoms with E-state index in [0.717, 1.165) is 29.5 Å². The van der Waals surface area contributed by atoms with E-state index in [9.17, 15) is 22.8 Å². The van der Waals surface area contributed by atoms with Crippen LogP contribution in [0.3, 0.4) is 0 Å². The van der Waals surface area contributed by atoms with Crippen LogP contribution in [0.1, 0.15) is 17.0 Å². The number of amides is 2. The number of carbonyl (C=O) groups is 2. The number of anilines is 2. The van der Waals surface area contributed by atoms with Gasteiger partial charge in [0.2, 0.25) is 11.8 Å². The smallest absolute Gasteiger partial charge is 0.326 e. The number of carbonyl (C=O) groups excluding carboxylic acids is 2. The lowest BCUT2D eigenvalue weighted by atomic mass is 10.2. The summed E-state index contributed by atoms with van der Waals surface area (Å²) in [6, 6.07) is 9.54. The molecule has 2 amide bonds. The molecule has 0 saturated heterocycles. The quantitative estimate of drug-likeness (QED) is 0.462. The molecular formula is C21H19ClF3N5O2S. The second kappa shape index (κ2) is 10.3. The summed E-state index contributed by atoms with van der Waals surface area (Å²) in [6.45, 7) is 1.85. The maximum absolute atomic E-state index is 12.8. The van der Waals surface area contributed by atoms with Crippen LogP contribution in [0.2, 0.25) is 5.02 Å². The summed E-state index contributed by atoms with van der Waals surface area (Å²) < 4.78 is 40.0. The van der Waals surface area contributed by atoms with E-state index in [0.29, 0.717) is 21.7 Å². The summed E-state index contributed by atoms with van der Waals surface area (Å²) in [4.78, 5) is 24.5. The molecule has 1 heterocycles. The van der Waals surface area contributed by atoms with Gasteiger partial charge in [-0.15, -0.1) is 10.2 Å². The molecule has 0 aliphatic carbocycles. The molecule has 0 fully saturated rings. The van der Waals surface area contributed by atoms with Crippen LogP contribution >= 0.6 is 23.4 Å². The molecular weight excluding hydrogens is 479 g/mol.